The van der Waals surface area contributed by atoms with Crippen LogP contribution in [0.3, 0.4) is 0 Å². The van der Waals surface area contributed by atoms with Gasteiger partial charge in [-0.3, -0.25) is 0 Å². The summed E-state index contributed by atoms with van der Waals surface area (Å²) in [5.74, 6) is -0.714. The van der Waals surface area contributed by atoms with Crippen molar-refractivity contribution in [3.8, 4) is 16.8 Å². The third-order valence-electron chi connectivity index (χ3n) is 4.96. The zero-order chi connectivity index (χ0) is 22.2. The molecule has 1 aromatic carbocycles. The first-order valence-electron chi connectivity index (χ1n) is 9.51. The Bertz CT molecular complexity index is 1410. The van der Waals surface area contributed by atoms with E-state index in [0.717, 1.165) is 11.3 Å². The van der Waals surface area contributed by atoms with Crippen molar-refractivity contribution in [1.82, 2.24) is 34.3 Å². The van der Waals surface area contributed by atoms with E-state index >= 15 is 0 Å². The quantitative estimate of drug-likeness (QED) is 0.452. The molecule has 4 heterocycles. The Morgan fingerprint density at radius 2 is 1.78 bits per heavy atom. The fourth-order valence-electron chi connectivity index (χ4n) is 3.50. The van der Waals surface area contributed by atoms with E-state index in [1.807, 2.05) is 6.07 Å². The van der Waals surface area contributed by atoms with E-state index in [-0.39, 0.29) is 11.6 Å². The first-order valence-corrected chi connectivity index (χ1v) is 9.51. The van der Waals surface area contributed by atoms with Crippen LogP contribution in [0.1, 0.15) is 23.5 Å². The maximum absolute atomic E-state index is 14.1. The van der Waals surface area contributed by atoms with Gasteiger partial charge in [0, 0.05) is 41.8 Å². The number of hydrogen-bond donors (Lipinski definition) is 1. The molecular formula is C21H15F3N8. The van der Waals surface area contributed by atoms with Crippen molar-refractivity contribution in [2.24, 2.45) is 0 Å². The van der Waals surface area contributed by atoms with E-state index in [9.17, 15) is 13.2 Å². The number of fused-ring (bicyclic) bond motifs is 1. The Morgan fingerprint density at radius 1 is 1.00 bits per heavy atom. The van der Waals surface area contributed by atoms with Crippen molar-refractivity contribution in [3.63, 3.8) is 0 Å². The number of nitrogens with zero attached hydrogens (tertiary/aromatic N) is 7. The smallest absolute Gasteiger partial charge is 0.297 e. The molecule has 11 heteroatoms. The molecule has 5 rings (SSSR count). The lowest BCUT2D eigenvalue weighted by Crippen LogP contribution is -2.03. The van der Waals surface area contributed by atoms with Crippen molar-refractivity contribution >= 4 is 11.3 Å². The topological polar surface area (TPSA) is 99.8 Å². The van der Waals surface area contributed by atoms with Crippen LogP contribution in [0.15, 0.2) is 61.4 Å². The van der Waals surface area contributed by atoms with Gasteiger partial charge in [0.25, 0.3) is 6.43 Å². The van der Waals surface area contributed by atoms with Gasteiger partial charge in [0.2, 0.25) is 0 Å². The predicted molar refractivity (Wildman–Crippen MR) is 110 cm³/mol. The number of rotatable bonds is 5. The van der Waals surface area contributed by atoms with Crippen LogP contribution >= 0.6 is 0 Å². The van der Waals surface area contributed by atoms with E-state index < -0.39 is 12.2 Å². The lowest BCUT2D eigenvalue weighted by atomic mass is 10.1. The Hall–Kier alpha value is -4.28. The number of hydrogen-bond acceptors (Lipinski definition) is 6. The molecular weight excluding hydrogens is 421 g/mol. The van der Waals surface area contributed by atoms with Crippen LogP contribution in [0.4, 0.5) is 19.0 Å². The van der Waals surface area contributed by atoms with Crippen LogP contribution in [-0.2, 0) is 6.42 Å². The van der Waals surface area contributed by atoms with Crippen molar-refractivity contribution in [2.75, 3.05) is 5.73 Å². The molecule has 0 saturated carbocycles. The largest absolute Gasteiger partial charge is 0.382 e. The van der Waals surface area contributed by atoms with Crippen LogP contribution < -0.4 is 5.73 Å². The van der Waals surface area contributed by atoms with Gasteiger partial charge < -0.3 is 5.73 Å². The molecule has 0 aliphatic carbocycles. The normalized spacial score (nSPS) is 11.5. The number of aromatic nitrogens is 7. The van der Waals surface area contributed by atoms with E-state index in [0.29, 0.717) is 28.8 Å². The minimum atomic E-state index is -2.76. The monoisotopic (exact) mass is 436 g/mol. The van der Waals surface area contributed by atoms with Gasteiger partial charge in [-0.25, -0.2) is 37.3 Å². The molecule has 0 saturated heterocycles. The first-order chi connectivity index (χ1) is 15.5. The van der Waals surface area contributed by atoms with Crippen molar-refractivity contribution in [3.05, 3.63) is 84.3 Å². The van der Waals surface area contributed by atoms with Gasteiger partial charge in [-0.2, -0.15) is 10.2 Å². The molecule has 8 nitrogen and oxygen atoms in total. The van der Waals surface area contributed by atoms with Gasteiger partial charge >= 0.3 is 0 Å². The van der Waals surface area contributed by atoms with E-state index in [1.54, 1.807) is 35.1 Å². The number of anilines is 1. The SMILES string of the molecule is Nc1ncnn2c(Cc3cnn(-c4ccccc4F)c3)cc(-c3cnc(C(F)F)nc3)c12. The van der Waals surface area contributed by atoms with Crippen molar-refractivity contribution in [2.45, 2.75) is 12.8 Å². The minimum Gasteiger partial charge on any atom is -0.382 e. The minimum absolute atomic E-state index is 0.223. The standard InChI is InChI=1S/C21H15F3N8/c22-16-3-1-2-4-17(16)31-10-12(7-29-31)5-14-6-15(18-20(25)28-11-30-32(14)18)13-8-26-21(19(23)24)27-9-13/h1-4,6-11,19H,5H2,(H2,25,28,30). The zero-order valence-electron chi connectivity index (χ0n) is 16.4. The van der Waals surface area contributed by atoms with Crippen LogP contribution in [0, 0.1) is 5.82 Å². The Morgan fingerprint density at radius 3 is 2.53 bits per heavy atom. The van der Waals surface area contributed by atoms with Gasteiger partial charge in [0.05, 0.1) is 6.20 Å². The molecule has 0 unspecified atom stereocenters. The molecule has 0 aliphatic rings. The summed E-state index contributed by atoms with van der Waals surface area (Å²) in [5.41, 5.74) is 9.60. The summed E-state index contributed by atoms with van der Waals surface area (Å²) in [6.07, 6.45) is 4.97. The summed E-state index contributed by atoms with van der Waals surface area (Å²) in [6, 6.07) is 8.16. The number of alkyl halides is 2. The predicted octanol–water partition coefficient (Wildman–Crippen LogP) is 3.62. The molecule has 0 atom stereocenters. The fraction of sp³-hybridized carbons (Fsp3) is 0.0952. The van der Waals surface area contributed by atoms with Crippen LogP contribution in [0.25, 0.3) is 22.3 Å². The maximum atomic E-state index is 14.1. The van der Waals surface area contributed by atoms with E-state index in [4.69, 9.17) is 5.73 Å². The third-order valence-corrected chi connectivity index (χ3v) is 4.96. The number of nitrogen functional groups attached to an aromatic ring is 1. The summed E-state index contributed by atoms with van der Waals surface area (Å²) in [7, 11) is 0. The lowest BCUT2D eigenvalue weighted by molar-refractivity contribution is 0.140. The van der Waals surface area contributed by atoms with Gasteiger partial charge in [-0.1, -0.05) is 12.1 Å². The number of nitrogens with two attached hydrogens (primary N) is 1. The molecule has 2 N–H and O–H groups in total. The summed E-state index contributed by atoms with van der Waals surface area (Å²) >= 11 is 0. The Balaban J connectivity index is 1.54. The van der Waals surface area contributed by atoms with Crippen molar-refractivity contribution < 1.29 is 13.2 Å². The van der Waals surface area contributed by atoms with Gasteiger partial charge in [0.15, 0.2) is 11.6 Å². The second kappa shape index (κ2) is 7.76. The summed E-state index contributed by atoms with van der Waals surface area (Å²) < 4.78 is 42.8. The summed E-state index contributed by atoms with van der Waals surface area (Å²) in [5, 5.41) is 8.54. The highest BCUT2D eigenvalue weighted by molar-refractivity contribution is 5.87. The molecule has 5 aromatic rings. The van der Waals surface area contributed by atoms with E-state index in [1.165, 1.54) is 29.5 Å². The molecule has 160 valence electrons. The second-order valence-corrected chi connectivity index (χ2v) is 7.01. The number of para-hydroxylation sites is 1. The van der Waals surface area contributed by atoms with Crippen LogP contribution in [-0.4, -0.2) is 34.3 Å². The molecule has 0 fully saturated rings. The summed E-state index contributed by atoms with van der Waals surface area (Å²) in [6.45, 7) is 0. The van der Waals surface area contributed by atoms with Crippen LogP contribution in [0.5, 0.6) is 0 Å². The third kappa shape index (κ3) is 3.43. The Kier molecular flexibility index (Phi) is 4.77. The average molecular weight is 436 g/mol. The molecule has 32 heavy (non-hydrogen) atoms. The highest BCUT2D eigenvalue weighted by atomic mass is 19.3. The summed E-state index contributed by atoms with van der Waals surface area (Å²) in [4.78, 5) is 11.5. The highest BCUT2D eigenvalue weighted by Gasteiger charge is 2.18. The van der Waals surface area contributed by atoms with E-state index in [2.05, 4.69) is 25.1 Å². The molecule has 4 aromatic heterocycles. The number of halogens is 3. The first kappa shape index (κ1) is 19.7. The van der Waals surface area contributed by atoms with Crippen LogP contribution in [0.2, 0.25) is 0 Å². The average Bonchev–Trinajstić information content (AvgIpc) is 3.40. The zero-order valence-corrected chi connectivity index (χ0v) is 16.4. The molecule has 0 spiro atoms. The second-order valence-electron chi connectivity index (χ2n) is 7.01. The molecule has 0 aliphatic heterocycles. The Labute approximate surface area is 179 Å². The molecule has 0 amide bonds. The fourth-order valence-corrected chi connectivity index (χ4v) is 3.50. The lowest BCUT2D eigenvalue weighted by Gasteiger charge is -2.04. The van der Waals surface area contributed by atoms with Crippen molar-refractivity contribution in [1.29, 1.82) is 0 Å². The number of benzene rings is 1. The highest BCUT2D eigenvalue weighted by Crippen LogP contribution is 2.31. The maximum Gasteiger partial charge on any atom is 0.297 e. The van der Waals surface area contributed by atoms with Gasteiger partial charge in [0.1, 0.15) is 23.3 Å². The van der Waals surface area contributed by atoms with Gasteiger partial charge in [-0.05, 0) is 23.8 Å². The molecule has 0 radical (unpaired) electrons. The molecule has 0 bridgehead atoms. The van der Waals surface area contributed by atoms with Gasteiger partial charge in [-0.15, -0.1) is 0 Å².